The summed E-state index contributed by atoms with van der Waals surface area (Å²) in [7, 11) is 0. The second kappa shape index (κ2) is 3.93. The summed E-state index contributed by atoms with van der Waals surface area (Å²) in [5, 5.41) is 9.16. The molecule has 0 saturated heterocycles. The average Bonchev–Trinajstić information content (AvgIpc) is 1.99. The summed E-state index contributed by atoms with van der Waals surface area (Å²) < 4.78 is 0.980. The van der Waals surface area contributed by atoms with E-state index in [1.807, 2.05) is 18.2 Å². The van der Waals surface area contributed by atoms with Crippen LogP contribution in [-0.4, -0.2) is 0 Å². The number of hydrogen-bond acceptors (Lipinski definition) is 1. The van der Waals surface area contributed by atoms with E-state index in [0.29, 0.717) is 6.42 Å². The molecule has 0 spiro atoms. The first-order valence-corrected chi connectivity index (χ1v) is 4.51. The zero-order valence-corrected chi connectivity index (χ0v) is 8.56. The second-order valence-corrected chi connectivity index (χ2v) is 3.53. The van der Waals surface area contributed by atoms with E-state index in [4.69, 9.17) is 16.9 Å². The summed E-state index contributed by atoms with van der Waals surface area (Å²) >= 11 is 7.98. The normalized spacial score (nSPS) is 9.18. The molecule has 1 aromatic carbocycles. The molecule has 0 bridgehead atoms. The van der Waals surface area contributed by atoms with Gasteiger partial charge in [0.05, 0.1) is 17.5 Å². The first-order chi connectivity index (χ1) is 5.25. The van der Waals surface area contributed by atoms with Gasteiger partial charge in [0, 0.05) is 3.57 Å². The molecule has 0 aliphatic rings. The van der Waals surface area contributed by atoms with Crippen molar-refractivity contribution in [3.05, 3.63) is 32.4 Å². The number of rotatable bonds is 1. The number of nitrogens with zero attached hydrogens (tertiary/aromatic N) is 1. The van der Waals surface area contributed by atoms with Crippen molar-refractivity contribution in [2.45, 2.75) is 6.42 Å². The van der Waals surface area contributed by atoms with Gasteiger partial charge in [0.25, 0.3) is 0 Å². The van der Waals surface area contributed by atoms with Crippen molar-refractivity contribution in [3.8, 4) is 6.07 Å². The Morgan fingerprint density at radius 1 is 1.55 bits per heavy atom. The highest BCUT2D eigenvalue weighted by atomic mass is 127. The molecule has 0 N–H and O–H groups in total. The third kappa shape index (κ3) is 2.08. The maximum Gasteiger partial charge on any atom is 0.0670 e. The van der Waals surface area contributed by atoms with Crippen LogP contribution in [0, 0.1) is 14.9 Å². The molecule has 0 aliphatic carbocycles. The summed E-state index contributed by atoms with van der Waals surface area (Å²) in [6.45, 7) is 0. The first-order valence-electron chi connectivity index (χ1n) is 3.05. The van der Waals surface area contributed by atoms with Gasteiger partial charge in [0.2, 0.25) is 0 Å². The summed E-state index contributed by atoms with van der Waals surface area (Å²) in [4.78, 5) is 0. The highest BCUT2D eigenvalue weighted by molar-refractivity contribution is 14.1. The van der Waals surface area contributed by atoms with Crippen LogP contribution in [0.15, 0.2) is 18.2 Å². The molecule has 56 valence electrons. The van der Waals surface area contributed by atoms with E-state index in [1.165, 1.54) is 0 Å². The topological polar surface area (TPSA) is 23.8 Å². The van der Waals surface area contributed by atoms with E-state index in [1.54, 1.807) is 0 Å². The minimum atomic E-state index is 0.429. The van der Waals surface area contributed by atoms with Crippen molar-refractivity contribution in [1.82, 2.24) is 0 Å². The molecule has 0 saturated carbocycles. The van der Waals surface area contributed by atoms with Crippen LogP contribution in [0.1, 0.15) is 5.56 Å². The molecule has 0 amide bonds. The number of nitriles is 1. The fraction of sp³-hybridized carbons (Fsp3) is 0.125. The van der Waals surface area contributed by atoms with Gasteiger partial charge in [0.1, 0.15) is 0 Å². The van der Waals surface area contributed by atoms with Crippen molar-refractivity contribution >= 4 is 34.2 Å². The zero-order chi connectivity index (χ0) is 8.27. The van der Waals surface area contributed by atoms with E-state index in [9.17, 15) is 0 Å². The van der Waals surface area contributed by atoms with Gasteiger partial charge in [-0.15, -0.1) is 0 Å². The summed E-state index contributed by atoms with van der Waals surface area (Å²) in [6.07, 6.45) is 0.429. The van der Waals surface area contributed by atoms with Crippen LogP contribution >= 0.6 is 34.2 Å². The van der Waals surface area contributed by atoms with Crippen molar-refractivity contribution in [2.75, 3.05) is 0 Å². The lowest BCUT2D eigenvalue weighted by molar-refractivity contribution is 1.24. The quantitative estimate of drug-likeness (QED) is 0.724. The van der Waals surface area contributed by atoms with E-state index in [0.717, 1.165) is 14.2 Å². The molecule has 0 fully saturated rings. The maximum absolute atomic E-state index is 8.44. The predicted molar refractivity (Wildman–Crippen MR) is 53.5 cm³/mol. The summed E-state index contributed by atoms with van der Waals surface area (Å²) in [5.41, 5.74) is 1.00. The monoisotopic (exact) mass is 277 g/mol. The van der Waals surface area contributed by atoms with Crippen LogP contribution in [0.25, 0.3) is 0 Å². The summed E-state index contributed by atoms with van der Waals surface area (Å²) in [6, 6.07) is 7.68. The van der Waals surface area contributed by atoms with Gasteiger partial charge in [-0.1, -0.05) is 23.7 Å². The molecule has 1 rings (SSSR count). The third-order valence-corrected chi connectivity index (χ3v) is 3.21. The van der Waals surface area contributed by atoms with Gasteiger partial charge in [-0.25, -0.2) is 0 Å². The molecule has 11 heavy (non-hydrogen) atoms. The third-order valence-electron chi connectivity index (χ3n) is 1.30. The minimum Gasteiger partial charge on any atom is -0.198 e. The Hall–Kier alpha value is -0.270. The molecule has 1 aromatic rings. The average molecular weight is 277 g/mol. The lowest BCUT2D eigenvalue weighted by Crippen LogP contribution is -1.86. The van der Waals surface area contributed by atoms with Crippen LogP contribution in [0.2, 0.25) is 5.02 Å². The Kier molecular flexibility index (Phi) is 3.16. The van der Waals surface area contributed by atoms with E-state index in [-0.39, 0.29) is 0 Å². The molecule has 0 heterocycles. The Morgan fingerprint density at radius 2 is 2.27 bits per heavy atom. The van der Waals surface area contributed by atoms with Crippen molar-refractivity contribution in [2.24, 2.45) is 0 Å². The fourth-order valence-corrected chi connectivity index (χ4v) is 1.51. The molecule has 0 aromatic heterocycles. The Bertz CT molecular complexity index is 303. The van der Waals surface area contributed by atoms with Crippen LogP contribution in [0.5, 0.6) is 0 Å². The molecule has 0 atom stereocenters. The predicted octanol–water partition coefficient (Wildman–Crippen LogP) is 3.01. The van der Waals surface area contributed by atoms with Gasteiger partial charge in [-0.2, -0.15) is 5.26 Å². The summed E-state index contributed by atoms with van der Waals surface area (Å²) in [5.74, 6) is 0. The van der Waals surface area contributed by atoms with Crippen LogP contribution < -0.4 is 0 Å². The standard InChI is InChI=1S/C8H5ClIN/c9-7-3-1-2-6(4-5-11)8(7)10/h1-3H,4H2. The fourth-order valence-electron chi connectivity index (χ4n) is 0.770. The number of halogens is 2. The lowest BCUT2D eigenvalue weighted by Gasteiger charge is -1.99. The highest BCUT2D eigenvalue weighted by Gasteiger charge is 2.01. The van der Waals surface area contributed by atoms with E-state index < -0.39 is 0 Å². The number of benzene rings is 1. The number of hydrogen-bond donors (Lipinski definition) is 0. The largest absolute Gasteiger partial charge is 0.198 e. The van der Waals surface area contributed by atoms with Gasteiger partial charge >= 0.3 is 0 Å². The van der Waals surface area contributed by atoms with Gasteiger partial charge in [0.15, 0.2) is 0 Å². The Balaban J connectivity index is 3.08. The molecular formula is C8H5ClIN. The molecule has 0 aliphatic heterocycles. The first kappa shape index (κ1) is 8.82. The van der Waals surface area contributed by atoms with Crippen molar-refractivity contribution < 1.29 is 0 Å². The van der Waals surface area contributed by atoms with Crippen molar-refractivity contribution in [1.29, 1.82) is 5.26 Å². The SMILES string of the molecule is N#CCc1cccc(Cl)c1I. The van der Waals surface area contributed by atoms with Gasteiger partial charge < -0.3 is 0 Å². The molecule has 0 unspecified atom stereocenters. The minimum absolute atomic E-state index is 0.429. The Labute approximate surface area is 84.1 Å². The Morgan fingerprint density at radius 3 is 2.91 bits per heavy atom. The van der Waals surface area contributed by atoms with E-state index >= 15 is 0 Å². The van der Waals surface area contributed by atoms with Gasteiger partial charge in [-0.05, 0) is 34.2 Å². The van der Waals surface area contributed by atoms with Crippen LogP contribution in [0.3, 0.4) is 0 Å². The molecule has 0 radical (unpaired) electrons. The maximum atomic E-state index is 8.44. The molecular weight excluding hydrogens is 272 g/mol. The smallest absolute Gasteiger partial charge is 0.0670 e. The second-order valence-electron chi connectivity index (χ2n) is 2.05. The zero-order valence-electron chi connectivity index (χ0n) is 5.64. The lowest BCUT2D eigenvalue weighted by atomic mass is 10.2. The molecule has 1 nitrogen and oxygen atoms in total. The van der Waals surface area contributed by atoms with Crippen LogP contribution in [-0.2, 0) is 6.42 Å². The van der Waals surface area contributed by atoms with Crippen LogP contribution in [0.4, 0.5) is 0 Å². The van der Waals surface area contributed by atoms with E-state index in [2.05, 4.69) is 28.7 Å². The highest BCUT2D eigenvalue weighted by Crippen LogP contribution is 2.21. The molecule has 3 heteroatoms. The van der Waals surface area contributed by atoms with Crippen molar-refractivity contribution in [3.63, 3.8) is 0 Å². The van der Waals surface area contributed by atoms with Gasteiger partial charge in [-0.3, -0.25) is 0 Å².